The first-order chi connectivity index (χ1) is 6.13. The third-order valence-electron chi connectivity index (χ3n) is 4.27. The van der Waals surface area contributed by atoms with Crippen molar-refractivity contribution in [3.05, 3.63) is 0 Å². The van der Waals surface area contributed by atoms with Crippen LogP contribution >= 0.6 is 0 Å². The average molecular weight is 182 g/mol. The highest BCUT2D eigenvalue weighted by Gasteiger charge is 2.45. The smallest absolute Gasteiger partial charge is 0.0232 e. The van der Waals surface area contributed by atoms with Crippen molar-refractivity contribution in [1.82, 2.24) is 10.2 Å². The lowest BCUT2D eigenvalue weighted by Crippen LogP contribution is -2.43. The first-order valence-corrected chi connectivity index (χ1v) is 5.56. The maximum Gasteiger partial charge on any atom is 0.0232 e. The van der Waals surface area contributed by atoms with Gasteiger partial charge in [-0.1, -0.05) is 6.92 Å². The topological polar surface area (TPSA) is 15.3 Å². The summed E-state index contributed by atoms with van der Waals surface area (Å²) >= 11 is 0. The highest BCUT2D eigenvalue weighted by molar-refractivity contribution is 4.99. The Morgan fingerprint density at radius 1 is 1.46 bits per heavy atom. The molecule has 2 rings (SSSR count). The minimum Gasteiger partial charge on any atom is -0.315 e. The fraction of sp³-hybridized carbons (Fsp3) is 1.00. The van der Waals surface area contributed by atoms with E-state index in [4.69, 9.17) is 0 Å². The maximum absolute atomic E-state index is 3.44. The molecule has 1 aliphatic heterocycles. The Morgan fingerprint density at radius 2 is 2.15 bits per heavy atom. The van der Waals surface area contributed by atoms with Crippen LogP contribution in [-0.2, 0) is 0 Å². The standard InChI is InChI=1S/C11H22N2/c1-9(11(2)5-6-11)13(3)10-4-7-12-8-10/h9-10,12H,4-8H2,1-3H3. The van der Waals surface area contributed by atoms with E-state index in [-0.39, 0.29) is 0 Å². The Labute approximate surface area is 81.7 Å². The molecule has 2 unspecified atom stereocenters. The van der Waals surface area contributed by atoms with Gasteiger partial charge in [-0.2, -0.15) is 0 Å². The van der Waals surface area contributed by atoms with Crippen molar-refractivity contribution in [2.24, 2.45) is 5.41 Å². The van der Waals surface area contributed by atoms with E-state index in [0.29, 0.717) is 5.41 Å². The van der Waals surface area contributed by atoms with Crippen LogP contribution in [0.1, 0.15) is 33.1 Å². The molecular formula is C11H22N2. The van der Waals surface area contributed by atoms with E-state index in [1.807, 2.05) is 0 Å². The summed E-state index contributed by atoms with van der Waals surface area (Å²) in [6.07, 6.45) is 4.19. The molecule has 76 valence electrons. The van der Waals surface area contributed by atoms with E-state index < -0.39 is 0 Å². The highest BCUT2D eigenvalue weighted by atomic mass is 15.2. The first kappa shape index (κ1) is 9.47. The number of nitrogens with one attached hydrogen (secondary N) is 1. The molecule has 2 atom stereocenters. The van der Waals surface area contributed by atoms with Crippen LogP contribution in [0.3, 0.4) is 0 Å². The molecule has 0 amide bonds. The predicted molar refractivity (Wildman–Crippen MR) is 55.8 cm³/mol. The minimum absolute atomic E-state index is 0.636. The molecule has 1 heterocycles. The lowest BCUT2D eigenvalue weighted by atomic mass is 9.98. The molecule has 2 aliphatic rings. The normalized spacial score (nSPS) is 33.7. The van der Waals surface area contributed by atoms with Crippen molar-refractivity contribution in [1.29, 1.82) is 0 Å². The van der Waals surface area contributed by atoms with Gasteiger partial charge in [-0.25, -0.2) is 0 Å². The van der Waals surface area contributed by atoms with Gasteiger partial charge < -0.3 is 5.32 Å². The molecule has 2 nitrogen and oxygen atoms in total. The highest BCUT2D eigenvalue weighted by Crippen LogP contribution is 2.49. The lowest BCUT2D eigenvalue weighted by Gasteiger charge is -2.34. The number of hydrogen-bond acceptors (Lipinski definition) is 2. The zero-order valence-corrected chi connectivity index (χ0v) is 9.14. The van der Waals surface area contributed by atoms with Gasteiger partial charge in [0.05, 0.1) is 0 Å². The van der Waals surface area contributed by atoms with Crippen molar-refractivity contribution in [2.45, 2.75) is 45.2 Å². The summed E-state index contributed by atoms with van der Waals surface area (Å²) in [5, 5.41) is 3.44. The quantitative estimate of drug-likeness (QED) is 0.711. The number of hydrogen-bond donors (Lipinski definition) is 1. The monoisotopic (exact) mass is 182 g/mol. The van der Waals surface area contributed by atoms with E-state index in [0.717, 1.165) is 12.1 Å². The van der Waals surface area contributed by atoms with E-state index >= 15 is 0 Å². The van der Waals surface area contributed by atoms with Gasteiger partial charge in [0.1, 0.15) is 0 Å². The molecule has 0 aromatic carbocycles. The Morgan fingerprint density at radius 3 is 2.62 bits per heavy atom. The van der Waals surface area contributed by atoms with E-state index in [2.05, 4.69) is 31.1 Å². The molecule has 13 heavy (non-hydrogen) atoms. The van der Waals surface area contributed by atoms with Gasteiger partial charge in [-0.15, -0.1) is 0 Å². The van der Waals surface area contributed by atoms with Gasteiger partial charge in [-0.3, -0.25) is 4.90 Å². The summed E-state index contributed by atoms with van der Waals surface area (Å²) < 4.78 is 0. The molecule has 2 heteroatoms. The van der Waals surface area contributed by atoms with Gasteiger partial charge >= 0.3 is 0 Å². The summed E-state index contributed by atoms with van der Waals surface area (Å²) in [6, 6.07) is 1.55. The molecule has 1 N–H and O–H groups in total. The fourth-order valence-electron chi connectivity index (χ4n) is 2.41. The van der Waals surface area contributed by atoms with Crippen LogP contribution in [0.4, 0.5) is 0 Å². The minimum atomic E-state index is 0.636. The lowest BCUT2D eigenvalue weighted by molar-refractivity contribution is 0.140. The van der Waals surface area contributed by atoms with Crippen LogP contribution in [-0.4, -0.2) is 37.1 Å². The van der Waals surface area contributed by atoms with Gasteiger partial charge in [0.2, 0.25) is 0 Å². The molecule has 0 radical (unpaired) electrons. The fourth-order valence-corrected chi connectivity index (χ4v) is 2.41. The van der Waals surface area contributed by atoms with Crippen molar-refractivity contribution >= 4 is 0 Å². The van der Waals surface area contributed by atoms with Crippen molar-refractivity contribution in [3.8, 4) is 0 Å². The zero-order valence-electron chi connectivity index (χ0n) is 9.14. The summed E-state index contributed by atoms with van der Waals surface area (Å²) in [4.78, 5) is 2.59. The molecule has 1 saturated carbocycles. The van der Waals surface area contributed by atoms with Gasteiger partial charge in [0.25, 0.3) is 0 Å². The molecule has 1 aliphatic carbocycles. The van der Waals surface area contributed by atoms with Crippen LogP contribution in [0.2, 0.25) is 0 Å². The number of nitrogens with zero attached hydrogens (tertiary/aromatic N) is 1. The summed E-state index contributed by atoms with van der Waals surface area (Å²) in [7, 11) is 2.30. The van der Waals surface area contributed by atoms with Crippen LogP contribution < -0.4 is 5.32 Å². The number of likely N-dealkylation sites (N-methyl/N-ethyl adjacent to an activating group) is 1. The van der Waals surface area contributed by atoms with E-state index in [1.165, 1.54) is 32.4 Å². The third-order valence-corrected chi connectivity index (χ3v) is 4.27. The van der Waals surface area contributed by atoms with Crippen molar-refractivity contribution < 1.29 is 0 Å². The average Bonchev–Trinajstić information content (AvgIpc) is 2.71. The second-order valence-corrected chi connectivity index (χ2v) is 5.14. The second-order valence-electron chi connectivity index (χ2n) is 5.14. The zero-order chi connectivity index (χ0) is 9.47. The molecule has 0 spiro atoms. The van der Waals surface area contributed by atoms with Gasteiger partial charge in [0, 0.05) is 18.6 Å². The first-order valence-electron chi connectivity index (χ1n) is 5.56. The number of rotatable bonds is 3. The Hall–Kier alpha value is -0.0800. The molecular weight excluding hydrogens is 160 g/mol. The van der Waals surface area contributed by atoms with Gasteiger partial charge in [-0.05, 0) is 45.2 Å². The molecule has 0 bridgehead atoms. The Bertz CT molecular complexity index is 181. The van der Waals surface area contributed by atoms with E-state index in [1.54, 1.807) is 0 Å². The summed E-state index contributed by atoms with van der Waals surface area (Å²) in [6.45, 7) is 7.22. The largest absolute Gasteiger partial charge is 0.315 e. The molecule has 0 aromatic rings. The van der Waals surface area contributed by atoms with Crippen LogP contribution in [0.25, 0.3) is 0 Å². The van der Waals surface area contributed by atoms with Crippen LogP contribution in [0.15, 0.2) is 0 Å². The van der Waals surface area contributed by atoms with Crippen LogP contribution in [0.5, 0.6) is 0 Å². The Balaban J connectivity index is 1.91. The van der Waals surface area contributed by atoms with Crippen LogP contribution in [0, 0.1) is 5.41 Å². The maximum atomic E-state index is 3.44. The SMILES string of the molecule is CC(N(C)C1CCNC1)C1(C)CC1. The summed E-state index contributed by atoms with van der Waals surface area (Å²) in [5.41, 5.74) is 0.636. The van der Waals surface area contributed by atoms with Crippen molar-refractivity contribution in [3.63, 3.8) is 0 Å². The second kappa shape index (κ2) is 3.25. The molecule has 1 saturated heterocycles. The summed E-state index contributed by atoms with van der Waals surface area (Å²) in [5.74, 6) is 0. The molecule has 2 fully saturated rings. The molecule has 0 aromatic heterocycles. The van der Waals surface area contributed by atoms with E-state index in [9.17, 15) is 0 Å². The third kappa shape index (κ3) is 1.75. The predicted octanol–water partition coefficient (Wildman–Crippen LogP) is 1.47. The Kier molecular flexibility index (Phi) is 2.37. The van der Waals surface area contributed by atoms with Gasteiger partial charge in [0.15, 0.2) is 0 Å². The van der Waals surface area contributed by atoms with Crippen molar-refractivity contribution in [2.75, 3.05) is 20.1 Å².